The predicted molar refractivity (Wildman–Crippen MR) is 178 cm³/mol. The van der Waals surface area contributed by atoms with Crippen LogP contribution in [0.2, 0.25) is 5.02 Å². The summed E-state index contributed by atoms with van der Waals surface area (Å²) in [6.45, 7) is 5.51. The zero-order chi connectivity index (χ0) is 31.5. The molecule has 5 N–H and O–H groups in total. The summed E-state index contributed by atoms with van der Waals surface area (Å²) in [7, 11) is 3.82. The Bertz CT molecular complexity index is 1710. The van der Waals surface area contributed by atoms with Gasteiger partial charge in [0.1, 0.15) is 5.02 Å². The third kappa shape index (κ3) is 6.81. The number of nitrogens with one attached hydrogen (secondary N) is 5. The first-order valence-corrected chi connectivity index (χ1v) is 15.8. The Morgan fingerprint density at radius 2 is 1.91 bits per heavy atom. The van der Waals surface area contributed by atoms with Crippen molar-refractivity contribution in [1.29, 1.82) is 0 Å². The molecule has 2 aliphatic heterocycles. The first kappa shape index (κ1) is 30.6. The standard InChI is InChI=1S/C32H39ClN10O2/c1-19-18-43(32-36-17-25(33)30(40-32)38-21-6-4-5-20(15-21)35-13-12-34-2)14-11-26(19)37-22-7-8-23-27(16-22)42(3)41-29(23)24-9-10-28(44)39-31(24)45/h4-8,15-17,19,24,26,34-35,37H,9-14,18H2,1-3H3,(H,36,38,40)(H,39,44,45)/t19-,24?,26-/m1/s1. The number of fused-ring (bicyclic) bond motifs is 1. The maximum atomic E-state index is 12.5. The van der Waals surface area contributed by atoms with E-state index in [1.165, 1.54) is 0 Å². The maximum absolute atomic E-state index is 12.5. The second-order valence-corrected chi connectivity index (χ2v) is 12.2. The van der Waals surface area contributed by atoms with Gasteiger partial charge in [-0.2, -0.15) is 10.1 Å². The molecule has 236 valence electrons. The molecule has 0 saturated carbocycles. The fourth-order valence-electron chi connectivity index (χ4n) is 6.12. The maximum Gasteiger partial charge on any atom is 0.235 e. The molecule has 12 nitrogen and oxygen atoms in total. The summed E-state index contributed by atoms with van der Waals surface area (Å²) in [4.78, 5) is 35.7. The number of nitrogens with zero attached hydrogens (tertiary/aromatic N) is 5. The number of anilines is 5. The van der Waals surface area contributed by atoms with Crippen molar-refractivity contribution in [3.8, 4) is 0 Å². The van der Waals surface area contributed by atoms with Crippen LogP contribution in [0.25, 0.3) is 10.9 Å². The number of likely N-dealkylation sites (N-methyl/N-ethyl adjacent to an activating group) is 1. The van der Waals surface area contributed by atoms with Crippen LogP contribution in [0, 0.1) is 5.92 Å². The number of hydrogen-bond donors (Lipinski definition) is 5. The molecule has 1 unspecified atom stereocenters. The number of aryl methyl sites for hydroxylation is 1. The molecule has 4 heterocycles. The lowest BCUT2D eigenvalue weighted by atomic mass is 9.92. The minimum absolute atomic E-state index is 0.224. The number of piperidine rings is 2. The SMILES string of the molecule is CNCCNc1cccc(Nc2nc(N3CC[C@@H](Nc4ccc5c(C6CCC(=O)NC6=O)nn(C)c5c4)[C@H](C)C3)ncc2Cl)c1. The van der Waals surface area contributed by atoms with Crippen LogP contribution in [-0.4, -0.2) is 70.8 Å². The van der Waals surface area contributed by atoms with Crippen LogP contribution >= 0.6 is 11.6 Å². The Morgan fingerprint density at radius 1 is 1.07 bits per heavy atom. The number of benzene rings is 2. The lowest BCUT2D eigenvalue weighted by molar-refractivity contribution is -0.134. The molecular formula is C32H39ClN10O2. The largest absolute Gasteiger partial charge is 0.384 e. The minimum Gasteiger partial charge on any atom is -0.384 e. The van der Waals surface area contributed by atoms with Gasteiger partial charge in [-0.25, -0.2) is 4.98 Å². The van der Waals surface area contributed by atoms with E-state index in [-0.39, 0.29) is 17.9 Å². The quantitative estimate of drug-likeness (QED) is 0.128. The molecule has 2 aromatic heterocycles. The van der Waals surface area contributed by atoms with Gasteiger partial charge in [-0.3, -0.25) is 19.6 Å². The van der Waals surface area contributed by atoms with Crippen LogP contribution in [0.1, 0.15) is 37.8 Å². The van der Waals surface area contributed by atoms with Crippen molar-refractivity contribution in [3.05, 3.63) is 59.4 Å². The Kier molecular flexibility index (Phi) is 9.04. The molecule has 0 bridgehead atoms. The zero-order valence-corrected chi connectivity index (χ0v) is 26.5. The Morgan fingerprint density at radius 3 is 2.71 bits per heavy atom. The van der Waals surface area contributed by atoms with Crippen molar-refractivity contribution >= 4 is 63.1 Å². The Balaban J connectivity index is 1.10. The second-order valence-electron chi connectivity index (χ2n) is 11.8. The molecule has 6 rings (SSSR count). The summed E-state index contributed by atoms with van der Waals surface area (Å²) in [5, 5.41) is 22.1. The van der Waals surface area contributed by atoms with E-state index in [9.17, 15) is 9.59 Å². The van der Waals surface area contributed by atoms with Gasteiger partial charge < -0.3 is 26.2 Å². The predicted octanol–water partition coefficient (Wildman–Crippen LogP) is 4.24. The highest BCUT2D eigenvalue weighted by molar-refractivity contribution is 6.32. The van der Waals surface area contributed by atoms with Gasteiger partial charge in [0.25, 0.3) is 0 Å². The lowest BCUT2D eigenvalue weighted by Crippen LogP contribution is -2.46. The third-order valence-electron chi connectivity index (χ3n) is 8.55. The molecule has 0 spiro atoms. The van der Waals surface area contributed by atoms with Crippen molar-refractivity contribution in [1.82, 2.24) is 30.4 Å². The van der Waals surface area contributed by atoms with Gasteiger partial charge >= 0.3 is 0 Å². The summed E-state index contributed by atoms with van der Waals surface area (Å²) in [5.74, 6) is 0.615. The number of carbonyl (C=O) groups is 2. The highest BCUT2D eigenvalue weighted by Gasteiger charge is 2.32. The van der Waals surface area contributed by atoms with Crippen molar-refractivity contribution in [2.45, 2.75) is 38.1 Å². The van der Waals surface area contributed by atoms with E-state index in [1.54, 1.807) is 6.20 Å². The fraction of sp³-hybridized carbons (Fsp3) is 0.406. The van der Waals surface area contributed by atoms with Crippen LogP contribution in [0.15, 0.2) is 48.7 Å². The van der Waals surface area contributed by atoms with Crippen molar-refractivity contribution < 1.29 is 9.59 Å². The first-order valence-electron chi connectivity index (χ1n) is 15.4. The van der Waals surface area contributed by atoms with E-state index in [4.69, 9.17) is 16.6 Å². The first-order chi connectivity index (χ1) is 21.8. The van der Waals surface area contributed by atoms with E-state index in [0.717, 1.165) is 66.3 Å². The number of aromatic nitrogens is 4. The number of hydrogen-bond acceptors (Lipinski definition) is 10. The average molecular weight is 631 g/mol. The summed E-state index contributed by atoms with van der Waals surface area (Å²) < 4.78 is 1.81. The van der Waals surface area contributed by atoms with E-state index in [0.29, 0.717) is 35.5 Å². The van der Waals surface area contributed by atoms with E-state index >= 15 is 0 Å². The zero-order valence-electron chi connectivity index (χ0n) is 25.7. The lowest BCUT2D eigenvalue weighted by Gasteiger charge is -2.37. The summed E-state index contributed by atoms with van der Waals surface area (Å²) in [6.07, 6.45) is 3.36. The molecule has 13 heteroatoms. The molecule has 2 aromatic carbocycles. The van der Waals surface area contributed by atoms with Crippen molar-refractivity contribution in [3.63, 3.8) is 0 Å². The Hall–Kier alpha value is -4.42. The molecular weight excluding hydrogens is 592 g/mol. The van der Waals surface area contributed by atoms with E-state index in [1.807, 2.05) is 55.2 Å². The molecule has 2 saturated heterocycles. The van der Waals surface area contributed by atoms with Crippen LogP contribution in [-0.2, 0) is 16.6 Å². The highest BCUT2D eigenvalue weighted by Crippen LogP contribution is 2.33. The third-order valence-corrected chi connectivity index (χ3v) is 8.83. The van der Waals surface area contributed by atoms with E-state index < -0.39 is 5.92 Å². The summed E-state index contributed by atoms with van der Waals surface area (Å²) >= 11 is 6.50. The monoisotopic (exact) mass is 630 g/mol. The summed E-state index contributed by atoms with van der Waals surface area (Å²) in [5.41, 5.74) is 4.57. The summed E-state index contributed by atoms with van der Waals surface area (Å²) in [6, 6.07) is 14.4. The average Bonchev–Trinajstić information content (AvgIpc) is 3.35. The molecule has 0 aliphatic carbocycles. The van der Waals surface area contributed by atoms with Gasteiger partial charge in [0.2, 0.25) is 17.8 Å². The highest BCUT2D eigenvalue weighted by atomic mass is 35.5. The number of imide groups is 1. The van der Waals surface area contributed by atoms with Gasteiger partial charge in [0.05, 0.1) is 23.3 Å². The van der Waals surface area contributed by atoms with Gasteiger partial charge in [-0.05, 0) is 62.2 Å². The van der Waals surface area contributed by atoms with Crippen molar-refractivity contribution in [2.24, 2.45) is 13.0 Å². The Labute approximate surface area is 267 Å². The topological polar surface area (TPSA) is 141 Å². The van der Waals surface area contributed by atoms with Crippen molar-refractivity contribution in [2.75, 3.05) is 54.1 Å². The van der Waals surface area contributed by atoms with E-state index in [2.05, 4.69) is 54.6 Å². The number of amides is 2. The van der Waals surface area contributed by atoms with Gasteiger partial charge in [0, 0.05) is 68.1 Å². The molecule has 0 radical (unpaired) electrons. The number of rotatable bonds is 10. The fourth-order valence-corrected chi connectivity index (χ4v) is 6.25. The van der Waals surface area contributed by atoms with Crippen LogP contribution in [0.4, 0.5) is 28.8 Å². The molecule has 4 aromatic rings. The van der Waals surface area contributed by atoms with Crippen LogP contribution < -0.4 is 31.5 Å². The van der Waals surface area contributed by atoms with Crippen LogP contribution in [0.5, 0.6) is 0 Å². The number of carbonyl (C=O) groups excluding carboxylic acids is 2. The normalized spacial score (nSPS) is 20.3. The van der Waals surface area contributed by atoms with Crippen LogP contribution in [0.3, 0.4) is 0 Å². The molecule has 45 heavy (non-hydrogen) atoms. The van der Waals surface area contributed by atoms with Gasteiger partial charge in [0.15, 0.2) is 5.82 Å². The second kappa shape index (κ2) is 13.3. The number of halogens is 1. The van der Waals surface area contributed by atoms with Gasteiger partial charge in [-0.15, -0.1) is 0 Å². The molecule has 2 fully saturated rings. The smallest absolute Gasteiger partial charge is 0.235 e. The minimum atomic E-state index is -0.421. The van der Waals surface area contributed by atoms with Gasteiger partial charge in [-0.1, -0.05) is 24.6 Å². The molecule has 3 atom stereocenters. The molecule has 2 aliphatic rings. The molecule has 2 amide bonds.